The molecule has 5 aromatic carbocycles. The Balaban J connectivity index is 1.50. The van der Waals surface area contributed by atoms with Crippen molar-refractivity contribution in [3.8, 4) is 22.3 Å². The number of fused-ring (bicyclic) bond motifs is 2. The van der Waals surface area contributed by atoms with Gasteiger partial charge in [-0.15, -0.1) is 0 Å². The molecular formula is C50H56N2. The Hall–Kier alpha value is -4.82. The van der Waals surface area contributed by atoms with Crippen molar-refractivity contribution in [2.75, 3.05) is 36.0 Å². The van der Waals surface area contributed by atoms with Crippen LogP contribution in [-0.4, -0.2) is 26.2 Å². The third kappa shape index (κ3) is 7.40. The summed E-state index contributed by atoms with van der Waals surface area (Å²) in [5.74, 6) is 0. The van der Waals surface area contributed by atoms with Crippen molar-refractivity contribution in [2.24, 2.45) is 0 Å². The number of rotatable bonds is 14. The molecular weight excluding hydrogens is 629 g/mol. The molecule has 0 heterocycles. The first kappa shape index (κ1) is 35.6. The first-order valence-corrected chi connectivity index (χ1v) is 20.1. The van der Waals surface area contributed by atoms with Gasteiger partial charge in [-0.05, 0) is 142 Å². The molecule has 5 aromatic rings. The number of benzene rings is 5. The van der Waals surface area contributed by atoms with E-state index in [1.807, 2.05) is 0 Å². The van der Waals surface area contributed by atoms with Gasteiger partial charge in [-0.1, -0.05) is 125 Å². The summed E-state index contributed by atoms with van der Waals surface area (Å²) in [5, 5.41) is 5.44. The maximum atomic E-state index is 2.59. The van der Waals surface area contributed by atoms with E-state index in [0.29, 0.717) is 0 Å². The van der Waals surface area contributed by atoms with E-state index in [9.17, 15) is 0 Å². The highest BCUT2D eigenvalue weighted by Gasteiger charge is 2.22. The summed E-state index contributed by atoms with van der Waals surface area (Å²) in [6.07, 6.45) is 20.7. The van der Waals surface area contributed by atoms with E-state index in [2.05, 4.69) is 159 Å². The van der Waals surface area contributed by atoms with Gasteiger partial charge in [-0.25, -0.2) is 0 Å². The third-order valence-corrected chi connectivity index (χ3v) is 11.0. The van der Waals surface area contributed by atoms with Crippen molar-refractivity contribution in [3.63, 3.8) is 0 Å². The highest BCUT2D eigenvalue weighted by molar-refractivity contribution is 6.20. The Bertz CT molecular complexity index is 2120. The lowest BCUT2D eigenvalue weighted by atomic mass is 9.81. The van der Waals surface area contributed by atoms with Crippen LogP contribution in [0.1, 0.15) is 84.6 Å². The highest BCUT2D eigenvalue weighted by atomic mass is 15.1. The zero-order valence-corrected chi connectivity index (χ0v) is 31.9. The zero-order valence-electron chi connectivity index (χ0n) is 31.9. The molecule has 2 aliphatic carbocycles. The molecule has 0 atom stereocenters. The standard InChI is InChI=1S/C50H56N2/c1-5-31-51(32-6-2)43-27-29-45-47(35-43)49(41-23-19-39(20-24-41)37-15-11-9-12-16-37)46-30-28-44(52(33-7-3)34-8-4)36-48(46)50(45)42-25-21-40(22-26-42)38-17-13-10-14-18-38/h9-13,15-17,19-21,23-25,27-30,35-36H,5-8,14,18,22,26,31-34H2,1-4H3. The van der Waals surface area contributed by atoms with Gasteiger partial charge in [0.15, 0.2) is 0 Å². The van der Waals surface area contributed by atoms with Crippen molar-refractivity contribution >= 4 is 38.5 Å². The molecule has 0 saturated heterocycles. The van der Waals surface area contributed by atoms with Crippen LogP contribution in [0.15, 0.2) is 133 Å². The van der Waals surface area contributed by atoms with Gasteiger partial charge in [0, 0.05) is 37.6 Å². The monoisotopic (exact) mass is 684 g/mol. The summed E-state index contributed by atoms with van der Waals surface area (Å²) in [7, 11) is 0. The predicted octanol–water partition coefficient (Wildman–Crippen LogP) is 14.0. The maximum absolute atomic E-state index is 2.59. The second-order valence-corrected chi connectivity index (χ2v) is 14.7. The number of anilines is 2. The minimum absolute atomic E-state index is 1.06. The Morgan fingerprint density at radius 2 is 0.942 bits per heavy atom. The number of allylic oxidation sites excluding steroid dienone is 8. The lowest BCUT2D eigenvalue weighted by Crippen LogP contribution is -2.24. The van der Waals surface area contributed by atoms with Crippen molar-refractivity contribution in [1.29, 1.82) is 0 Å². The van der Waals surface area contributed by atoms with Crippen LogP contribution >= 0.6 is 0 Å². The van der Waals surface area contributed by atoms with Crippen LogP contribution in [0.4, 0.5) is 11.4 Å². The maximum Gasteiger partial charge on any atom is 0.0372 e. The molecule has 0 bridgehead atoms. The molecule has 52 heavy (non-hydrogen) atoms. The number of hydrogen-bond donors (Lipinski definition) is 0. The van der Waals surface area contributed by atoms with E-state index in [0.717, 1.165) is 77.5 Å². The van der Waals surface area contributed by atoms with Crippen molar-refractivity contribution in [3.05, 3.63) is 138 Å². The highest BCUT2D eigenvalue weighted by Crippen LogP contribution is 2.46. The van der Waals surface area contributed by atoms with E-state index in [1.54, 1.807) is 0 Å². The number of nitrogens with zero attached hydrogens (tertiary/aromatic N) is 2. The van der Waals surface area contributed by atoms with Crippen LogP contribution in [0.5, 0.6) is 0 Å². The summed E-state index contributed by atoms with van der Waals surface area (Å²) in [4.78, 5) is 5.18. The SMILES string of the molecule is CCCN(CCC)c1ccc2c(-c3ccc(-c4ccccc4)cc3)c3cc(N(CCC)CCC)ccc3c(C3=CC=C(C4=CC=CCC4)CC3)c2c1. The molecule has 7 rings (SSSR count). The van der Waals surface area contributed by atoms with E-state index in [1.165, 1.54) is 77.5 Å². The fourth-order valence-electron chi connectivity index (χ4n) is 8.52. The van der Waals surface area contributed by atoms with E-state index >= 15 is 0 Å². The minimum atomic E-state index is 1.06. The zero-order chi connectivity index (χ0) is 35.9. The smallest absolute Gasteiger partial charge is 0.0372 e. The molecule has 0 unspecified atom stereocenters. The number of hydrogen-bond acceptors (Lipinski definition) is 2. The fraction of sp³-hybridized carbons (Fsp3) is 0.320. The second kappa shape index (κ2) is 16.7. The van der Waals surface area contributed by atoms with Gasteiger partial charge in [0.25, 0.3) is 0 Å². The average molecular weight is 685 g/mol. The molecule has 0 amide bonds. The van der Waals surface area contributed by atoms with Gasteiger partial charge < -0.3 is 9.80 Å². The van der Waals surface area contributed by atoms with Crippen LogP contribution < -0.4 is 9.80 Å². The van der Waals surface area contributed by atoms with E-state index < -0.39 is 0 Å². The normalized spacial score (nSPS) is 14.3. The molecule has 2 aliphatic rings. The third-order valence-electron chi connectivity index (χ3n) is 11.0. The molecule has 0 fully saturated rings. The molecule has 2 nitrogen and oxygen atoms in total. The van der Waals surface area contributed by atoms with Gasteiger partial charge in [0.1, 0.15) is 0 Å². The molecule has 0 radical (unpaired) electrons. The Morgan fingerprint density at radius 3 is 1.48 bits per heavy atom. The van der Waals surface area contributed by atoms with Gasteiger partial charge in [-0.3, -0.25) is 0 Å². The van der Waals surface area contributed by atoms with Crippen molar-refractivity contribution in [1.82, 2.24) is 0 Å². The molecule has 0 aromatic heterocycles. The molecule has 0 saturated carbocycles. The molecule has 0 spiro atoms. The largest absolute Gasteiger partial charge is 0.372 e. The molecule has 2 heteroatoms. The second-order valence-electron chi connectivity index (χ2n) is 14.7. The van der Waals surface area contributed by atoms with Crippen LogP contribution in [0.3, 0.4) is 0 Å². The van der Waals surface area contributed by atoms with E-state index in [4.69, 9.17) is 0 Å². The Labute approximate surface area is 312 Å². The summed E-state index contributed by atoms with van der Waals surface area (Å²) in [6, 6.07) is 34.8. The molecule has 0 aliphatic heterocycles. The first-order valence-electron chi connectivity index (χ1n) is 20.1. The van der Waals surface area contributed by atoms with Crippen LogP contribution in [0.25, 0.3) is 49.4 Å². The van der Waals surface area contributed by atoms with Crippen LogP contribution in [-0.2, 0) is 0 Å². The summed E-state index contributed by atoms with van der Waals surface area (Å²) in [6.45, 7) is 13.5. The van der Waals surface area contributed by atoms with Gasteiger partial charge >= 0.3 is 0 Å². The quantitative estimate of drug-likeness (QED) is 0.107. The summed E-state index contributed by atoms with van der Waals surface area (Å²) in [5.41, 5.74) is 13.7. The van der Waals surface area contributed by atoms with Crippen molar-refractivity contribution < 1.29 is 0 Å². The van der Waals surface area contributed by atoms with E-state index in [-0.39, 0.29) is 0 Å². The Morgan fingerprint density at radius 1 is 0.442 bits per heavy atom. The van der Waals surface area contributed by atoms with Gasteiger partial charge in [0.05, 0.1) is 0 Å². The molecule has 0 N–H and O–H groups in total. The van der Waals surface area contributed by atoms with Gasteiger partial charge in [0.2, 0.25) is 0 Å². The average Bonchev–Trinajstić information content (AvgIpc) is 3.20. The topological polar surface area (TPSA) is 6.48 Å². The first-order chi connectivity index (χ1) is 25.6. The van der Waals surface area contributed by atoms with Crippen molar-refractivity contribution in [2.45, 2.75) is 79.1 Å². The van der Waals surface area contributed by atoms with Crippen LogP contribution in [0, 0.1) is 0 Å². The minimum Gasteiger partial charge on any atom is -0.372 e. The lowest BCUT2D eigenvalue weighted by Gasteiger charge is -2.28. The fourth-order valence-corrected chi connectivity index (χ4v) is 8.52. The summed E-state index contributed by atoms with van der Waals surface area (Å²) >= 11 is 0. The Kier molecular flexibility index (Phi) is 11.4. The molecule has 266 valence electrons. The predicted molar refractivity (Wildman–Crippen MR) is 230 cm³/mol. The summed E-state index contributed by atoms with van der Waals surface area (Å²) < 4.78 is 0. The van der Waals surface area contributed by atoms with Crippen LogP contribution in [0.2, 0.25) is 0 Å². The lowest BCUT2D eigenvalue weighted by molar-refractivity contribution is 0.745. The van der Waals surface area contributed by atoms with Gasteiger partial charge in [-0.2, -0.15) is 0 Å².